The Labute approximate surface area is 166 Å². The largest absolute Gasteiger partial charge is 0.481 e. The van der Waals surface area contributed by atoms with Gasteiger partial charge in [-0.1, -0.05) is 78.6 Å². The molecule has 0 aliphatic heterocycles. The maximum atomic E-state index is 12.7. The molecule has 0 spiro atoms. The van der Waals surface area contributed by atoms with Gasteiger partial charge < -0.3 is 9.84 Å². The molecule has 0 radical (unpaired) electrons. The lowest BCUT2D eigenvalue weighted by molar-refractivity contribution is -0.164. The van der Waals surface area contributed by atoms with Crippen molar-refractivity contribution in [3.05, 3.63) is 0 Å². The number of carbonyl (C=O) groups excluding carboxylic acids is 1. The first-order valence-electron chi connectivity index (χ1n) is 11.4. The third-order valence-electron chi connectivity index (χ3n) is 5.78. The summed E-state index contributed by atoms with van der Waals surface area (Å²) in [6, 6.07) is 0. The molecule has 3 atom stereocenters. The lowest BCUT2D eigenvalue weighted by Crippen LogP contribution is -2.35. The fraction of sp³-hybridized carbons (Fsp3) is 0.913. The molecule has 1 rings (SSSR count). The predicted molar refractivity (Wildman–Crippen MR) is 110 cm³/mol. The van der Waals surface area contributed by atoms with Crippen LogP contribution in [0.1, 0.15) is 111 Å². The third-order valence-corrected chi connectivity index (χ3v) is 5.78. The highest BCUT2D eigenvalue weighted by atomic mass is 16.5. The highest BCUT2D eigenvalue weighted by Gasteiger charge is 2.37. The number of carboxylic acids is 1. The Hall–Kier alpha value is -1.06. The summed E-state index contributed by atoms with van der Waals surface area (Å²) in [6.07, 6.45) is 14.9. The minimum atomic E-state index is -0.847. The zero-order chi connectivity index (χ0) is 20.1. The van der Waals surface area contributed by atoms with Crippen LogP contribution in [0.25, 0.3) is 0 Å². The van der Waals surface area contributed by atoms with Gasteiger partial charge in [0, 0.05) is 0 Å². The molecule has 158 valence electrons. The first-order valence-corrected chi connectivity index (χ1v) is 11.4. The van der Waals surface area contributed by atoms with Crippen molar-refractivity contribution >= 4 is 11.9 Å². The van der Waals surface area contributed by atoms with Crippen LogP contribution in [-0.2, 0) is 14.3 Å². The zero-order valence-corrected chi connectivity index (χ0v) is 17.9. The van der Waals surface area contributed by atoms with Crippen LogP contribution in [0, 0.1) is 17.8 Å². The fourth-order valence-corrected chi connectivity index (χ4v) is 4.22. The number of aliphatic carboxylic acids is 1. The SMILES string of the molecule is CCCCCCCCCCC(CC(C)C)OC(=O)C1CCCCC1C(=O)O. The Morgan fingerprint density at radius 1 is 0.926 bits per heavy atom. The Kier molecular flexibility index (Phi) is 12.4. The summed E-state index contributed by atoms with van der Waals surface area (Å²) in [5.74, 6) is -1.66. The average Bonchev–Trinajstić information content (AvgIpc) is 2.63. The van der Waals surface area contributed by atoms with Crippen LogP contribution in [0.15, 0.2) is 0 Å². The molecule has 4 nitrogen and oxygen atoms in total. The van der Waals surface area contributed by atoms with Gasteiger partial charge in [-0.15, -0.1) is 0 Å². The summed E-state index contributed by atoms with van der Waals surface area (Å²) in [5.41, 5.74) is 0. The van der Waals surface area contributed by atoms with Crippen molar-refractivity contribution in [2.75, 3.05) is 0 Å². The molecule has 0 aromatic rings. The molecule has 0 amide bonds. The van der Waals surface area contributed by atoms with Crippen LogP contribution >= 0.6 is 0 Å². The number of carboxylic acid groups (broad SMARTS) is 1. The molecule has 0 bridgehead atoms. The van der Waals surface area contributed by atoms with E-state index in [-0.39, 0.29) is 12.1 Å². The maximum Gasteiger partial charge on any atom is 0.310 e. The van der Waals surface area contributed by atoms with Crippen LogP contribution in [0.5, 0.6) is 0 Å². The van der Waals surface area contributed by atoms with Crippen molar-refractivity contribution in [2.24, 2.45) is 17.8 Å². The molecule has 3 unspecified atom stereocenters. The average molecular weight is 383 g/mol. The van der Waals surface area contributed by atoms with E-state index in [1.165, 1.54) is 44.9 Å². The van der Waals surface area contributed by atoms with E-state index in [1.807, 2.05) is 0 Å². The van der Waals surface area contributed by atoms with Gasteiger partial charge in [0.05, 0.1) is 11.8 Å². The van der Waals surface area contributed by atoms with Crippen molar-refractivity contribution < 1.29 is 19.4 Å². The van der Waals surface area contributed by atoms with E-state index in [4.69, 9.17) is 4.74 Å². The molecule has 27 heavy (non-hydrogen) atoms. The second kappa shape index (κ2) is 14.0. The van der Waals surface area contributed by atoms with Crippen molar-refractivity contribution in [3.8, 4) is 0 Å². The Morgan fingerprint density at radius 3 is 2.04 bits per heavy atom. The van der Waals surface area contributed by atoms with Gasteiger partial charge in [-0.25, -0.2) is 0 Å². The van der Waals surface area contributed by atoms with E-state index >= 15 is 0 Å². The highest BCUT2D eigenvalue weighted by molar-refractivity contribution is 5.81. The van der Waals surface area contributed by atoms with E-state index < -0.39 is 17.8 Å². The van der Waals surface area contributed by atoms with Crippen molar-refractivity contribution in [1.82, 2.24) is 0 Å². The number of ether oxygens (including phenoxy) is 1. The Bertz CT molecular complexity index is 419. The van der Waals surface area contributed by atoms with Crippen LogP contribution < -0.4 is 0 Å². The molecular formula is C23H42O4. The third kappa shape index (κ3) is 10.2. The smallest absolute Gasteiger partial charge is 0.310 e. The quantitative estimate of drug-likeness (QED) is 0.280. The molecule has 4 heteroatoms. The summed E-state index contributed by atoms with van der Waals surface area (Å²) < 4.78 is 5.84. The summed E-state index contributed by atoms with van der Waals surface area (Å²) in [7, 11) is 0. The Balaban J connectivity index is 2.39. The fourth-order valence-electron chi connectivity index (χ4n) is 4.22. The van der Waals surface area contributed by atoms with Crippen LogP contribution in [0.4, 0.5) is 0 Å². The van der Waals surface area contributed by atoms with Gasteiger partial charge in [0.25, 0.3) is 0 Å². The van der Waals surface area contributed by atoms with E-state index in [1.54, 1.807) is 0 Å². The van der Waals surface area contributed by atoms with Crippen LogP contribution in [-0.4, -0.2) is 23.1 Å². The van der Waals surface area contributed by atoms with E-state index in [9.17, 15) is 14.7 Å². The number of esters is 1. The van der Waals surface area contributed by atoms with Crippen molar-refractivity contribution in [2.45, 2.75) is 117 Å². The number of unbranched alkanes of at least 4 members (excludes halogenated alkanes) is 7. The molecule has 1 aliphatic carbocycles. The topological polar surface area (TPSA) is 63.6 Å². The minimum absolute atomic E-state index is 0.0611. The maximum absolute atomic E-state index is 12.7. The van der Waals surface area contributed by atoms with Gasteiger partial charge in [-0.3, -0.25) is 9.59 Å². The lowest BCUT2D eigenvalue weighted by Gasteiger charge is -2.29. The molecule has 1 aliphatic rings. The molecule has 0 aromatic heterocycles. The summed E-state index contributed by atoms with van der Waals surface area (Å²) >= 11 is 0. The standard InChI is InChI=1S/C23H42O4/c1-4-5-6-7-8-9-10-11-14-19(17-18(2)3)27-23(26)21-16-13-12-15-20(21)22(24)25/h18-21H,4-17H2,1-3H3,(H,24,25). The van der Waals surface area contributed by atoms with Gasteiger partial charge in [0.1, 0.15) is 6.10 Å². The zero-order valence-electron chi connectivity index (χ0n) is 17.9. The molecule has 0 aromatic carbocycles. The van der Waals surface area contributed by atoms with Gasteiger partial charge in [0.2, 0.25) is 0 Å². The monoisotopic (exact) mass is 382 g/mol. The summed E-state index contributed by atoms with van der Waals surface area (Å²) in [5, 5.41) is 9.41. The summed E-state index contributed by atoms with van der Waals surface area (Å²) in [4.78, 5) is 24.1. The first-order chi connectivity index (χ1) is 13.0. The molecule has 0 heterocycles. The normalized spacial score (nSPS) is 21.2. The van der Waals surface area contributed by atoms with E-state index in [2.05, 4.69) is 20.8 Å². The van der Waals surface area contributed by atoms with E-state index in [0.717, 1.165) is 32.1 Å². The number of hydrogen-bond donors (Lipinski definition) is 1. The summed E-state index contributed by atoms with van der Waals surface area (Å²) in [6.45, 7) is 6.53. The minimum Gasteiger partial charge on any atom is -0.481 e. The molecule has 1 fully saturated rings. The molecule has 1 saturated carbocycles. The van der Waals surface area contributed by atoms with Crippen LogP contribution in [0.3, 0.4) is 0 Å². The Morgan fingerprint density at radius 2 is 1.48 bits per heavy atom. The second-order valence-corrected chi connectivity index (χ2v) is 8.79. The molecule has 1 N–H and O–H groups in total. The highest BCUT2D eigenvalue weighted by Crippen LogP contribution is 2.32. The van der Waals surface area contributed by atoms with Gasteiger partial charge >= 0.3 is 11.9 Å². The molecule has 0 saturated heterocycles. The van der Waals surface area contributed by atoms with Gasteiger partial charge in [-0.05, 0) is 38.0 Å². The lowest BCUT2D eigenvalue weighted by atomic mass is 9.79. The number of rotatable bonds is 14. The predicted octanol–water partition coefficient (Wildman–Crippen LogP) is 6.37. The number of hydrogen-bond acceptors (Lipinski definition) is 3. The van der Waals surface area contributed by atoms with E-state index in [0.29, 0.717) is 18.8 Å². The van der Waals surface area contributed by atoms with Crippen molar-refractivity contribution in [1.29, 1.82) is 0 Å². The van der Waals surface area contributed by atoms with Crippen molar-refractivity contribution in [3.63, 3.8) is 0 Å². The van der Waals surface area contributed by atoms with Crippen LogP contribution in [0.2, 0.25) is 0 Å². The molecular weight excluding hydrogens is 340 g/mol. The first kappa shape index (κ1) is 24.0. The second-order valence-electron chi connectivity index (χ2n) is 8.79. The number of carbonyl (C=O) groups is 2. The van der Waals surface area contributed by atoms with Gasteiger partial charge in [0.15, 0.2) is 0 Å². The van der Waals surface area contributed by atoms with Gasteiger partial charge in [-0.2, -0.15) is 0 Å².